The number of nitrogens with one attached hydrogen (secondary N) is 1. The Labute approximate surface area is 53.0 Å². The van der Waals surface area contributed by atoms with Crippen molar-refractivity contribution < 1.29 is 9.90 Å². The standard InChI is InChI=1S/C5H10N2O2/c6-4-2-7-1-3(4)5(8)9/h3-4,7H,1-2,6H2,(H,8,9). The summed E-state index contributed by atoms with van der Waals surface area (Å²) in [5, 5.41) is 11.4. The Hall–Kier alpha value is -0.610. The second kappa shape index (κ2) is 2.33. The summed E-state index contributed by atoms with van der Waals surface area (Å²) in [5.74, 6) is -1.18. The van der Waals surface area contributed by atoms with Gasteiger partial charge in [-0.1, -0.05) is 0 Å². The minimum absolute atomic E-state index is 0.206. The Morgan fingerprint density at radius 2 is 2.33 bits per heavy atom. The van der Waals surface area contributed by atoms with Gasteiger partial charge in [0, 0.05) is 19.1 Å². The van der Waals surface area contributed by atoms with Gasteiger partial charge in [0.2, 0.25) is 0 Å². The van der Waals surface area contributed by atoms with Crippen molar-refractivity contribution in [1.82, 2.24) is 5.32 Å². The highest BCUT2D eigenvalue weighted by Gasteiger charge is 2.29. The first-order chi connectivity index (χ1) is 4.22. The maximum atomic E-state index is 10.3. The molecule has 9 heavy (non-hydrogen) atoms. The fourth-order valence-corrected chi connectivity index (χ4v) is 0.970. The van der Waals surface area contributed by atoms with Gasteiger partial charge in [-0.2, -0.15) is 0 Å². The minimum Gasteiger partial charge on any atom is -0.481 e. The third-order valence-corrected chi connectivity index (χ3v) is 1.58. The molecule has 0 amide bonds. The predicted octanol–water partition coefficient (Wildman–Crippen LogP) is -1.38. The number of carboxylic acid groups (broad SMARTS) is 1. The number of nitrogens with two attached hydrogens (primary N) is 1. The van der Waals surface area contributed by atoms with Gasteiger partial charge in [0.25, 0.3) is 0 Å². The Balaban J connectivity index is 2.49. The smallest absolute Gasteiger partial charge is 0.309 e. The molecule has 2 atom stereocenters. The summed E-state index contributed by atoms with van der Waals surface area (Å²) in [4.78, 5) is 10.3. The van der Waals surface area contributed by atoms with E-state index < -0.39 is 5.97 Å². The molecule has 52 valence electrons. The van der Waals surface area contributed by atoms with Crippen molar-refractivity contribution in [2.45, 2.75) is 6.04 Å². The molecule has 1 aliphatic heterocycles. The van der Waals surface area contributed by atoms with Crippen molar-refractivity contribution in [3.05, 3.63) is 0 Å². The van der Waals surface area contributed by atoms with Crippen LogP contribution in [0.25, 0.3) is 0 Å². The van der Waals surface area contributed by atoms with Gasteiger partial charge in [-0.3, -0.25) is 4.79 Å². The van der Waals surface area contributed by atoms with Crippen molar-refractivity contribution in [2.75, 3.05) is 13.1 Å². The second-order valence-electron chi connectivity index (χ2n) is 2.27. The number of carbonyl (C=O) groups is 1. The summed E-state index contributed by atoms with van der Waals surface area (Å²) < 4.78 is 0. The summed E-state index contributed by atoms with van der Waals surface area (Å²) in [6.07, 6.45) is 0. The molecular weight excluding hydrogens is 120 g/mol. The van der Waals surface area contributed by atoms with Gasteiger partial charge in [-0.15, -0.1) is 0 Å². The maximum Gasteiger partial charge on any atom is 0.309 e. The molecule has 2 unspecified atom stereocenters. The van der Waals surface area contributed by atoms with Crippen molar-refractivity contribution in [1.29, 1.82) is 0 Å². The van der Waals surface area contributed by atoms with Gasteiger partial charge in [-0.05, 0) is 0 Å². The van der Waals surface area contributed by atoms with Crippen molar-refractivity contribution in [3.63, 3.8) is 0 Å². The lowest BCUT2D eigenvalue weighted by atomic mass is 10.1. The molecule has 1 aliphatic rings. The van der Waals surface area contributed by atoms with E-state index in [9.17, 15) is 4.79 Å². The lowest BCUT2D eigenvalue weighted by Gasteiger charge is -2.06. The van der Waals surface area contributed by atoms with E-state index in [0.29, 0.717) is 13.1 Å². The van der Waals surface area contributed by atoms with Crippen LogP contribution in [0.1, 0.15) is 0 Å². The molecule has 4 heteroatoms. The van der Waals surface area contributed by atoms with Crippen molar-refractivity contribution in [3.8, 4) is 0 Å². The van der Waals surface area contributed by atoms with E-state index >= 15 is 0 Å². The van der Waals surface area contributed by atoms with Crippen LogP contribution in [0, 0.1) is 5.92 Å². The monoisotopic (exact) mass is 130 g/mol. The van der Waals surface area contributed by atoms with Crippen molar-refractivity contribution >= 4 is 5.97 Å². The van der Waals surface area contributed by atoms with Gasteiger partial charge < -0.3 is 16.2 Å². The summed E-state index contributed by atoms with van der Waals surface area (Å²) in [7, 11) is 0. The van der Waals surface area contributed by atoms with Crippen LogP contribution in [0.3, 0.4) is 0 Å². The summed E-state index contributed by atoms with van der Waals surface area (Å²) >= 11 is 0. The van der Waals surface area contributed by atoms with E-state index in [2.05, 4.69) is 5.32 Å². The normalized spacial score (nSPS) is 34.8. The number of rotatable bonds is 1. The van der Waals surface area contributed by atoms with E-state index in [0.717, 1.165) is 0 Å². The predicted molar refractivity (Wildman–Crippen MR) is 32.0 cm³/mol. The van der Waals surface area contributed by atoms with Crippen LogP contribution in [0.5, 0.6) is 0 Å². The summed E-state index contributed by atoms with van der Waals surface area (Å²) in [6.45, 7) is 1.13. The molecule has 0 bridgehead atoms. The van der Waals surface area contributed by atoms with E-state index in [1.54, 1.807) is 0 Å². The van der Waals surface area contributed by atoms with Crippen molar-refractivity contribution in [2.24, 2.45) is 11.7 Å². The molecule has 1 fully saturated rings. The van der Waals surface area contributed by atoms with Gasteiger partial charge in [0.1, 0.15) is 0 Å². The number of aliphatic carboxylic acids is 1. The molecule has 0 aromatic rings. The van der Waals surface area contributed by atoms with Gasteiger partial charge in [0.05, 0.1) is 5.92 Å². The average molecular weight is 130 g/mol. The Morgan fingerprint density at radius 3 is 2.56 bits per heavy atom. The fraction of sp³-hybridized carbons (Fsp3) is 0.800. The van der Waals surface area contributed by atoms with E-state index in [-0.39, 0.29) is 12.0 Å². The first-order valence-electron chi connectivity index (χ1n) is 2.91. The lowest BCUT2D eigenvalue weighted by molar-refractivity contribution is -0.141. The highest BCUT2D eigenvalue weighted by Crippen LogP contribution is 2.05. The molecule has 4 N–H and O–H groups in total. The quantitative estimate of drug-likeness (QED) is 0.409. The molecule has 1 saturated heterocycles. The Kier molecular flexibility index (Phi) is 1.68. The molecule has 0 saturated carbocycles. The topological polar surface area (TPSA) is 75.3 Å². The number of hydrogen-bond acceptors (Lipinski definition) is 3. The van der Waals surface area contributed by atoms with Crippen LogP contribution in [0.15, 0.2) is 0 Å². The highest BCUT2D eigenvalue weighted by molar-refractivity contribution is 5.71. The zero-order valence-corrected chi connectivity index (χ0v) is 5.00. The Bertz CT molecular complexity index is 126. The van der Waals surface area contributed by atoms with Crippen LogP contribution in [0.2, 0.25) is 0 Å². The maximum absolute atomic E-state index is 10.3. The lowest BCUT2D eigenvalue weighted by Crippen LogP contribution is -2.33. The zero-order chi connectivity index (χ0) is 6.85. The molecule has 0 aliphatic carbocycles. The first kappa shape index (κ1) is 6.51. The largest absolute Gasteiger partial charge is 0.481 e. The molecule has 1 rings (SSSR count). The van der Waals surface area contributed by atoms with E-state index in [1.165, 1.54) is 0 Å². The summed E-state index contributed by atoms with van der Waals surface area (Å²) in [5.41, 5.74) is 5.44. The van der Waals surface area contributed by atoms with Crippen LogP contribution < -0.4 is 11.1 Å². The van der Waals surface area contributed by atoms with Gasteiger partial charge in [0.15, 0.2) is 0 Å². The van der Waals surface area contributed by atoms with Gasteiger partial charge in [-0.25, -0.2) is 0 Å². The van der Waals surface area contributed by atoms with Crippen LogP contribution in [-0.4, -0.2) is 30.2 Å². The van der Waals surface area contributed by atoms with Crippen LogP contribution >= 0.6 is 0 Å². The molecule has 1 heterocycles. The molecule has 0 aromatic heterocycles. The van der Waals surface area contributed by atoms with E-state index in [4.69, 9.17) is 10.8 Å². The van der Waals surface area contributed by atoms with Crippen LogP contribution in [0.4, 0.5) is 0 Å². The molecule has 4 nitrogen and oxygen atoms in total. The molecule has 0 aromatic carbocycles. The molecule has 0 radical (unpaired) electrons. The summed E-state index contributed by atoms with van der Waals surface area (Å²) in [6, 6.07) is -0.206. The van der Waals surface area contributed by atoms with Crippen LogP contribution in [-0.2, 0) is 4.79 Å². The van der Waals surface area contributed by atoms with E-state index in [1.807, 2.05) is 0 Å². The van der Waals surface area contributed by atoms with Gasteiger partial charge >= 0.3 is 5.97 Å². The SMILES string of the molecule is NC1CNCC1C(=O)O. The second-order valence-corrected chi connectivity index (χ2v) is 2.27. The minimum atomic E-state index is -0.799. The third-order valence-electron chi connectivity index (χ3n) is 1.58. The number of hydrogen-bond donors (Lipinski definition) is 3. The first-order valence-corrected chi connectivity index (χ1v) is 2.91. The molecule has 0 spiro atoms. The average Bonchev–Trinajstić information content (AvgIpc) is 2.13. The Morgan fingerprint density at radius 1 is 1.67 bits per heavy atom. The highest BCUT2D eigenvalue weighted by atomic mass is 16.4. The fourth-order valence-electron chi connectivity index (χ4n) is 0.970. The third kappa shape index (κ3) is 1.20. The number of carboxylic acids is 1. The zero-order valence-electron chi connectivity index (χ0n) is 5.00. The molecular formula is C5H10N2O2.